The van der Waals surface area contributed by atoms with E-state index in [9.17, 15) is 0 Å². The topological polar surface area (TPSA) is 35.2 Å². The summed E-state index contributed by atoms with van der Waals surface area (Å²) < 4.78 is 5.46. The van der Waals surface area contributed by atoms with E-state index < -0.39 is 0 Å². The highest BCUT2D eigenvalue weighted by Crippen LogP contribution is 2.13. The molecule has 0 aromatic rings. The highest BCUT2D eigenvalue weighted by molar-refractivity contribution is 4.58. The van der Waals surface area contributed by atoms with Gasteiger partial charge in [0.2, 0.25) is 0 Å². The molecule has 0 heterocycles. The van der Waals surface area contributed by atoms with Crippen molar-refractivity contribution in [3.05, 3.63) is 6.92 Å². The second-order valence-corrected chi connectivity index (χ2v) is 3.58. The van der Waals surface area contributed by atoms with E-state index in [4.69, 9.17) is 10.5 Å². The summed E-state index contributed by atoms with van der Waals surface area (Å²) in [5.74, 6) is 0.678. The molecular formula is C11H24NO. The van der Waals surface area contributed by atoms with Crippen molar-refractivity contribution in [1.29, 1.82) is 0 Å². The molecule has 0 amide bonds. The minimum absolute atomic E-state index is 0.171. The lowest BCUT2D eigenvalue weighted by molar-refractivity contribution is 0.0310. The quantitative estimate of drug-likeness (QED) is 0.592. The van der Waals surface area contributed by atoms with Crippen molar-refractivity contribution in [2.75, 3.05) is 6.61 Å². The van der Waals surface area contributed by atoms with Crippen LogP contribution in [-0.2, 0) is 4.74 Å². The van der Waals surface area contributed by atoms with E-state index in [1.54, 1.807) is 0 Å². The van der Waals surface area contributed by atoms with Crippen molar-refractivity contribution in [3.8, 4) is 0 Å². The lowest BCUT2D eigenvalue weighted by Gasteiger charge is -2.17. The maximum atomic E-state index is 5.62. The second-order valence-electron chi connectivity index (χ2n) is 3.58. The molecule has 0 aliphatic carbocycles. The predicted octanol–water partition coefficient (Wildman–Crippen LogP) is 2.73. The van der Waals surface area contributed by atoms with Crippen molar-refractivity contribution in [3.63, 3.8) is 0 Å². The summed E-state index contributed by atoms with van der Waals surface area (Å²) in [6.45, 7) is 8.93. The van der Waals surface area contributed by atoms with Gasteiger partial charge in [-0.15, -0.1) is 0 Å². The summed E-state index contributed by atoms with van der Waals surface area (Å²) in [7, 11) is 0. The Labute approximate surface area is 82.8 Å². The number of rotatable bonds is 8. The van der Waals surface area contributed by atoms with Gasteiger partial charge < -0.3 is 10.5 Å². The Kier molecular flexibility index (Phi) is 8.46. The maximum absolute atomic E-state index is 5.62. The molecule has 2 N–H and O–H groups in total. The third kappa shape index (κ3) is 7.03. The Morgan fingerprint density at radius 2 is 2.08 bits per heavy atom. The monoisotopic (exact) mass is 186 g/mol. The van der Waals surface area contributed by atoms with E-state index in [-0.39, 0.29) is 6.23 Å². The van der Waals surface area contributed by atoms with Crippen LogP contribution in [0.2, 0.25) is 0 Å². The van der Waals surface area contributed by atoms with E-state index in [0.29, 0.717) is 12.3 Å². The first-order chi connectivity index (χ1) is 6.24. The second kappa shape index (κ2) is 8.52. The third-order valence-electron chi connectivity index (χ3n) is 2.37. The number of hydrogen-bond donors (Lipinski definition) is 1. The number of ether oxygens (including phenoxy) is 1. The van der Waals surface area contributed by atoms with Crippen LogP contribution in [0.1, 0.15) is 46.0 Å². The molecule has 0 aliphatic heterocycles. The van der Waals surface area contributed by atoms with Gasteiger partial charge in [0.05, 0.1) is 6.61 Å². The van der Waals surface area contributed by atoms with Gasteiger partial charge in [-0.05, 0) is 25.7 Å². The maximum Gasteiger partial charge on any atom is 0.105 e. The van der Waals surface area contributed by atoms with E-state index in [1.165, 1.54) is 25.7 Å². The minimum atomic E-state index is -0.171. The van der Waals surface area contributed by atoms with E-state index in [2.05, 4.69) is 20.8 Å². The van der Waals surface area contributed by atoms with Gasteiger partial charge in [-0.3, -0.25) is 0 Å². The van der Waals surface area contributed by atoms with Crippen molar-refractivity contribution < 1.29 is 4.74 Å². The standard InChI is InChI=1S/C11H24NO/c1-4-7-8-10(5-2)9-13-11(12)6-3/h10-11H,3-9,12H2,1-2H3. The fourth-order valence-electron chi connectivity index (χ4n) is 1.24. The van der Waals surface area contributed by atoms with E-state index >= 15 is 0 Å². The van der Waals surface area contributed by atoms with Crippen LogP contribution in [0.15, 0.2) is 0 Å². The van der Waals surface area contributed by atoms with Crippen molar-refractivity contribution in [2.45, 2.75) is 52.2 Å². The first kappa shape index (κ1) is 12.9. The summed E-state index contributed by atoms with van der Waals surface area (Å²) in [6.07, 6.45) is 5.49. The lowest BCUT2D eigenvalue weighted by Crippen LogP contribution is -2.25. The highest BCUT2D eigenvalue weighted by Gasteiger charge is 2.07. The zero-order valence-corrected chi connectivity index (χ0v) is 9.09. The first-order valence-corrected chi connectivity index (χ1v) is 5.40. The van der Waals surface area contributed by atoms with Crippen LogP contribution in [0, 0.1) is 12.8 Å². The van der Waals surface area contributed by atoms with Crippen LogP contribution in [0.5, 0.6) is 0 Å². The Morgan fingerprint density at radius 1 is 1.38 bits per heavy atom. The fourth-order valence-corrected chi connectivity index (χ4v) is 1.24. The van der Waals surface area contributed by atoms with Gasteiger partial charge in [0.1, 0.15) is 6.23 Å². The number of unbranched alkanes of at least 4 members (excludes halogenated alkanes) is 1. The molecule has 2 atom stereocenters. The molecule has 0 aromatic heterocycles. The molecule has 2 nitrogen and oxygen atoms in total. The van der Waals surface area contributed by atoms with Crippen LogP contribution in [-0.4, -0.2) is 12.8 Å². The third-order valence-corrected chi connectivity index (χ3v) is 2.37. The average Bonchev–Trinajstić information content (AvgIpc) is 2.17. The van der Waals surface area contributed by atoms with Crippen LogP contribution < -0.4 is 5.73 Å². The Morgan fingerprint density at radius 3 is 2.54 bits per heavy atom. The van der Waals surface area contributed by atoms with Crippen LogP contribution in [0.4, 0.5) is 0 Å². The van der Waals surface area contributed by atoms with Gasteiger partial charge in [-0.25, -0.2) is 0 Å². The minimum Gasteiger partial charge on any atom is -0.363 e. The molecule has 0 aromatic carbocycles. The zero-order chi connectivity index (χ0) is 10.1. The summed E-state index contributed by atoms with van der Waals surface area (Å²) in [5, 5.41) is 0. The summed E-state index contributed by atoms with van der Waals surface area (Å²) in [5.41, 5.74) is 5.62. The van der Waals surface area contributed by atoms with Crippen LogP contribution >= 0.6 is 0 Å². The smallest absolute Gasteiger partial charge is 0.105 e. The van der Waals surface area contributed by atoms with E-state index in [1.807, 2.05) is 0 Å². The van der Waals surface area contributed by atoms with E-state index in [0.717, 1.165) is 6.61 Å². The van der Waals surface area contributed by atoms with Crippen molar-refractivity contribution in [1.82, 2.24) is 0 Å². The fraction of sp³-hybridized carbons (Fsp3) is 0.909. The molecule has 0 rings (SSSR count). The normalized spacial score (nSPS) is 15.7. The molecule has 79 valence electrons. The summed E-state index contributed by atoms with van der Waals surface area (Å²) in [4.78, 5) is 0. The Hall–Kier alpha value is -0.0800. The SMILES string of the molecule is [CH2]CC(N)OCC(CC)CCCC. The predicted molar refractivity (Wildman–Crippen MR) is 57.2 cm³/mol. The summed E-state index contributed by atoms with van der Waals surface area (Å²) in [6, 6.07) is 0. The largest absolute Gasteiger partial charge is 0.363 e. The van der Waals surface area contributed by atoms with Crippen molar-refractivity contribution >= 4 is 0 Å². The molecule has 2 unspecified atom stereocenters. The molecule has 0 aliphatic rings. The van der Waals surface area contributed by atoms with Gasteiger partial charge in [-0.2, -0.15) is 0 Å². The van der Waals surface area contributed by atoms with Gasteiger partial charge >= 0.3 is 0 Å². The van der Waals surface area contributed by atoms with Gasteiger partial charge in [0.25, 0.3) is 0 Å². The van der Waals surface area contributed by atoms with Crippen LogP contribution in [0.25, 0.3) is 0 Å². The molecule has 2 heteroatoms. The van der Waals surface area contributed by atoms with Gasteiger partial charge in [0.15, 0.2) is 0 Å². The molecular weight excluding hydrogens is 162 g/mol. The number of hydrogen-bond acceptors (Lipinski definition) is 2. The Bertz CT molecular complexity index is 106. The highest BCUT2D eigenvalue weighted by atomic mass is 16.5. The van der Waals surface area contributed by atoms with Gasteiger partial charge in [-0.1, -0.05) is 33.1 Å². The summed E-state index contributed by atoms with van der Waals surface area (Å²) >= 11 is 0. The molecule has 0 saturated carbocycles. The average molecular weight is 186 g/mol. The molecule has 0 fully saturated rings. The lowest BCUT2D eigenvalue weighted by atomic mass is 10.0. The molecule has 0 saturated heterocycles. The zero-order valence-electron chi connectivity index (χ0n) is 9.09. The molecule has 1 radical (unpaired) electrons. The molecule has 13 heavy (non-hydrogen) atoms. The van der Waals surface area contributed by atoms with Gasteiger partial charge in [0, 0.05) is 0 Å². The molecule has 0 bridgehead atoms. The van der Waals surface area contributed by atoms with Crippen LogP contribution in [0.3, 0.4) is 0 Å². The Balaban J connectivity index is 3.46. The van der Waals surface area contributed by atoms with Crippen molar-refractivity contribution in [2.24, 2.45) is 11.7 Å². The first-order valence-electron chi connectivity index (χ1n) is 5.40. The number of nitrogens with two attached hydrogens (primary N) is 1. The molecule has 0 spiro atoms.